The number of esters is 1. The molecule has 0 aliphatic rings. The Balaban J connectivity index is 1.85. The number of thioether (sulfide) groups is 1. The Morgan fingerprint density at radius 3 is 2.68 bits per heavy atom. The zero-order chi connectivity index (χ0) is 20.4. The molecule has 3 rings (SSSR count). The molecule has 0 amide bonds. The molecule has 0 fully saturated rings. The first kappa shape index (κ1) is 19.9. The van der Waals surface area contributed by atoms with Crippen LogP contribution in [-0.2, 0) is 11.8 Å². The summed E-state index contributed by atoms with van der Waals surface area (Å²) in [6.07, 6.45) is 0. The van der Waals surface area contributed by atoms with Gasteiger partial charge in [-0.3, -0.25) is 14.2 Å². The van der Waals surface area contributed by atoms with Gasteiger partial charge in [-0.25, -0.2) is 9.78 Å². The zero-order valence-corrected chi connectivity index (χ0v) is 17.0. The normalized spacial score (nSPS) is 11.0. The lowest BCUT2D eigenvalue weighted by atomic mass is 10.1. The van der Waals surface area contributed by atoms with Crippen LogP contribution in [0.25, 0.3) is 10.9 Å². The summed E-state index contributed by atoms with van der Waals surface area (Å²) in [4.78, 5) is 44.8. The van der Waals surface area contributed by atoms with E-state index in [0.29, 0.717) is 38.6 Å². The van der Waals surface area contributed by atoms with Gasteiger partial charge < -0.3 is 9.72 Å². The van der Waals surface area contributed by atoms with Gasteiger partial charge in [-0.05, 0) is 38.5 Å². The predicted octanol–water partition coefficient (Wildman–Crippen LogP) is 3.03. The summed E-state index contributed by atoms with van der Waals surface area (Å²) in [7, 11) is 1.64. The lowest BCUT2D eigenvalue weighted by Crippen LogP contribution is -2.20. The Kier molecular flexibility index (Phi) is 5.69. The van der Waals surface area contributed by atoms with Crippen LogP contribution < -0.4 is 5.56 Å². The highest BCUT2D eigenvalue weighted by Crippen LogP contribution is 2.23. The number of ether oxygens (including phenoxy) is 1. The summed E-state index contributed by atoms with van der Waals surface area (Å²) in [5, 5.41) is 0.999. The molecule has 0 saturated heterocycles. The van der Waals surface area contributed by atoms with Crippen molar-refractivity contribution in [1.29, 1.82) is 0 Å². The second-order valence-corrected chi connectivity index (χ2v) is 7.28. The number of benzene rings is 1. The summed E-state index contributed by atoms with van der Waals surface area (Å²) in [6.45, 7) is 5.46. The number of aromatic nitrogens is 3. The molecule has 0 spiro atoms. The smallest absolute Gasteiger partial charge is 0.340 e. The quantitative estimate of drug-likeness (QED) is 0.296. The molecule has 8 heteroatoms. The summed E-state index contributed by atoms with van der Waals surface area (Å²) < 4.78 is 6.50. The summed E-state index contributed by atoms with van der Waals surface area (Å²) in [6, 6.07) is 7.11. The molecular weight excluding hydrogens is 378 g/mol. The largest absolute Gasteiger partial charge is 0.462 e. The van der Waals surface area contributed by atoms with Gasteiger partial charge in [0, 0.05) is 12.7 Å². The first-order chi connectivity index (χ1) is 13.3. The monoisotopic (exact) mass is 399 g/mol. The Labute approximate surface area is 166 Å². The maximum absolute atomic E-state index is 12.7. The van der Waals surface area contributed by atoms with Crippen molar-refractivity contribution in [2.75, 3.05) is 12.4 Å². The van der Waals surface area contributed by atoms with Crippen molar-refractivity contribution in [3.63, 3.8) is 0 Å². The third-order valence-corrected chi connectivity index (χ3v) is 5.50. The fourth-order valence-electron chi connectivity index (χ4n) is 3.07. The number of fused-ring (bicyclic) bond motifs is 1. The number of carbonyl (C=O) groups excluding carboxylic acids is 2. The first-order valence-electron chi connectivity index (χ1n) is 8.83. The van der Waals surface area contributed by atoms with E-state index >= 15 is 0 Å². The molecule has 0 atom stereocenters. The number of H-pyrrole nitrogens is 1. The molecule has 0 radical (unpaired) electrons. The molecular formula is C20H21N3O4S. The highest BCUT2D eigenvalue weighted by atomic mass is 32.2. The number of nitrogens with zero attached hydrogens (tertiary/aromatic N) is 2. The van der Waals surface area contributed by atoms with Crippen molar-refractivity contribution in [3.05, 3.63) is 57.1 Å². The van der Waals surface area contributed by atoms with Crippen LogP contribution in [0.4, 0.5) is 0 Å². The van der Waals surface area contributed by atoms with Crippen molar-refractivity contribution in [1.82, 2.24) is 14.5 Å². The number of carbonyl (C=O) groups is 2. The fraction of sp³-hybridized carbons (Fsp3) is 0.300. The summed E-state index contributed by atoms with van der Waals surface area (Å²) >= 11 is 1.19. The van der Waals surface area contributed by atoms with E-state index in [1.54, 1.807) is 46.0 Å². The van der Waals surface area contributed by atoms with Gasteiger partial charge in [0.1, 0.15) is 0 Å². The van der Waals surface area contributed by atoms with Crippen molar-refractivity contribution in [2.24, 2.45) is 7.05 Å². The van der Waals surface area contributed by atoms with Gasteiger partial charge in [0.2, 0.25) is 0 Å². The van der Waals surface area contributed by atoms with E-state index in [-0.39, 0.29) is 23.7 Å². The average molecular weight is 399 g/mol. The van der Waals surface area contributed by atoms with E-state index in [2.05, 4.69) is 9.97 Å². The molecule has 3 aromatic rings. The Morgan fingerprint density at radius 1 is 1.25 bits per heavy atom. The van der Waals surface area contributed by atoms with E-state index in [1.807, 2.05) is 6.07 Å². The minimum atomic E-state index is -0.445. The number of rotatable bonds is 6. The number of para-hydroxylation sites is 1. The van der Waals surface area contributed by atoms with Crippen molar-refractivity contribution in [3.8, 4) is 0 Å². The molecule has 0 unspecified atom stereocenters. The number of aryl methyl sites for hydroxylation is 1. The van der Waals surface area contributed by atoms with Crippen LogP contribution in [0.15, 0.2) is 34.2 Å². The van der Waals surface area contributed by atoms with Gasteiger partial charge in [-0.1, -0.05) is 23.9 Å². The third kappa shape index (κ3) is 3.60. The van der Waals surface area contributed by atoms with Gasteiger partial charge >= 0.3 is 5.97 Å². The third-order valence-electron chi connectivity index (χ3n) is 4.47. The molecule has 0 aliphatic heterocycles. The molecule has 0 aliphatic carbocycles. The zero-order valence-electron chi connectivity index (χ0n) is 16.2. The van der Waals surface area contributed by atoms with E-state index < -0.39 is 5.97 Å². The van der Waals surface area contributed by atoms with Crippen LogP contribution >= 0.6 is 11.8 Å². The van der Waals surface area contributed by atoms with Crippen LogP contribution in [0.3, 0.4) is 0 Å². The summed E-state index contributed by atoms with van der Waals surface area (Å²) in [5.74, 6) is -0.538. The maximum atomic E-state index is 12.7. The topological polar surface area (TPSA) is 94.1 Å². The van der Waals surface area contributed by atoms with Crippen LogP contribution in [-0.4, -0.2) is 38.6 Å². The van der Waals surface area contributed by atoms with Crippen molar-refractivity contribution in [2.45, 2.75) is 25.9 Å². The highest BCUT2D eigenvalue weighted by molar-refractivity contribution is 7.99. The number of hydrogen-bond donors (Lipinski definition) is 1. The molecule has 2 heterocycles. The molecule has 2 aromatic heterocycles. The highest BCUT2D eigenvalue weighted by Gasteiger charge is 2.23. The van der Waals surface area contributed by atoms with Gasteiger partial charge in [-0.2, -0.15) is 0 Å². The Morgan fingerprint density at radius 2 is 1.96 bits per heavy atom. The Hall–Kier alpha value is -2.87. The second-order valence-electron chi connectivity index (χ2n) is 6.33. The van der Waals surface area contributed by atoms with Gasteiger partial charge in [0.15, 0.2) is 10.9 Å². The van der Waals surface area contributed by atoms with E-state index in [4.69, 9.17) is 4.74 Å². The van der Waals surface area contributed by atoms with Crippen molar-refractivity contribution < 1.29 is 14.3 Å². The predicted molar refractivity (Wildman–Crippen MR) is 108 cm³/mol. The minimum absolute atomic E-state index is 0.0850. The lowest BCUT2D eigenvalue weighted by Gasteiger charge is -2.08. The number of ketones is 1. The van der Waals surface area contributed by atoms with Crippen LogP contribution in [0, 0.1) is 13.8 Å². The fourth-order valence-corrected chi connectivity index (χ4v) is 3.91. The van der Waals surface area contributed by atoms with Crippen molar-refractivity contribution >= 4 is 34.4 Å². The Bertz CT molecular complexity index is 1130. The second kappa shape index (κ2) is 8.02. The number of aromatic amines is 1. The molecule has 28 heavy (non-hydrogen) atoms. The maximum Gasteiger partial charge on any atom is 0.340 e. The number of hydrogen-bond acceptors (Lipinski definition) is 6. The standard InChI is InChI=1S/C20H21N3O4S/c1-5-27-19(26)16-11(2)17(21-12(16)3)15(24)10-28-20-22-14-9-7-6-8-13(14)18(25)23(20)4/h6-9,21H,5,10H2,1-4H3. The van der Waals surface area contributed by atoms with Gasteiger partial charge in [-0.15, -0.1) is 0 Å². The molecule has 1 aromatic carbocycles. The average Bonchev–Trinajstić information content (AvgIpc) is 2.97. The molecule has 146 valence electrons. The lowest BCUT2D eigenvalue weighted by molar-refractivity contribution is 0.0525. The van der Waals surface area contributed by atoms with Crippen LogP contribution in [0.5, 0.6) is 0 Å². The molecule has 7 nitrogen and oxygen atoms in total. The molecule has 0 bridgehead atoms. The van der Waals surface area contributed by atoms with E-state index in [0.717, 1.165) is 0 Å². The number of nitrogens with one attached hydrogen (secondary N) is 1. The summed E-state index contributed by atoms with van der Waals surface area (Å²) in [5.41, 5.74) is 2.38. The molecule has 1 N–H and O–H groups in total. The first-order valence-corrected chi connectivity index (χ1v) is 9.81. The van der Waals surface area contributed by atoms with E-state index in [9.17, 15) is 14.4 Å². The van der Waals surface area contributed by atoms with Crippen LogP contribution in [0.1, 0.15) is 39.0 Å². The number of Topliss-reactive ketones (excluding diaryl/α,β-unsaturated/α-hetero) is 1. The minimum Gasteiger partial charge on any atom is -0.462 e. The van der Waals surface area contributed by atoms with Crippen LogP contribution in [0.2, 0.25) is 0 Å². The van der Waals surface area contributed by atoms with Gasteiger partial charge in [0.05, 0.1) is 34.5 Å². The SMILES string of the molecule is CCOC(=O)c1c(C)[nH]c(C(=O)CSc2nc3ccccc3c(=O)n2C)c1C. The molecule has 0 saturated carbocycles. The van der Waals surface area contributed by atoms with E-state index in [1.165, 1.54) is 16.3 Å². The van der Waals surface area contributed by atoms with Gasteiger partial charge in [0.25, 0.3) is 5.56 Å².